The fourth-order valence-electron chi connectivity index (χ4n) is 2.16. The van der Waals surface area contributed by atoms with Gasteiger partial charge in [0.15, 0.2) is 0 Å². The largest absolute Gasteiger partial charge is 0.478 e. The number of aryl methyl sites for hydroxylation is 2. The molecule has 0 saturated carbocycles. The highest BCUT2D eigenvalue weighted by Crippen LogP contribution is 2.23. The molecule has 0 fully saturated rings. The van der Waals surface area contributed by atoms with E-state index in [1.54, 1.807) is 28.7 Å². The van der Waals surface area contributed by atoms with Crippen LogP contribution in [0.25, 0.3) is 17.1 Å². The van der Waals surface area contributed by atoms with Crippen LogP contribution in [0.1, 0.15) is 15.9 Å². The molecule has 2 aromatic heterocycles. The first-order valence-corrected chi connectivity index (χ1v) is 6.44. The Balaban J connectivity index is 2.15. The summed E-state index contributed by atoms with van der Waals surface area (Å²) in [6.45, 7) is 2.00. The standard InChI is InChI=1S/C15H14N4O2/c1-10-3-5-11(6-4-10)19-9-12(15(20)21)14(17-19)13-7-8-16-18(13)2/h3-9H,1-2H3,(H,20,21). The third-order valence-electron chi connectivity index (χ3n) is 3.31. The van der Waals surface area contributed by atoms with Crippen molar-refractivity contribution in [2.75, 3.05) is 0 Å². The molecule has 0 radical (unpaired) electrons. The smallest absolute Gasteiger partial charge is 0.339 e. The second-order valence-electron chi connectivity index (χ2n) is 4.82. The molecule has 0 aliphatic rings. The molecule has 2 heterocycles. The molecule has 21 heavy (non-hydrogen) atoms. The van der Waals surface area contributed by atoms with Crippen LogP contribution < -0.4 is 0 Å². The van der Waals surface area contributed by atoms with Gasteiger partial charge >= 0.3 is 5.97 Å². The van der Waals surface area contributed by atoms with E-state index in [9.17, 15) is 9.90 Å². The summed E-state index contributed by atoms with van der Waals surface area (Å²) in [5.74, 6) is -1.01. The third kappa shape index (κ3) is 2.31. The van der Waals surface area contributed by atoms with Crippen LogP contribution in [0.15, 0.2) is 42.7 Å². The topological polar surface area (TPSA) is 72.9 Å². The van der Waals surface area contributed by atoms with Crippen molar-refractivity contribution >= 4 is 5.97 Å². The van der Waals surface area contributed by atoms with E-state index in [2.05, 4.69) is 10.2 Å². The predicted molar refractivity (Wildman–Crippen MR) is 77.5 cm³/mol. The molecule has 3 aromatic rings. The van der Waals surface area contributed by atoms with Gasteiger partial charge in [0.05, 0.1) is 11.4 Å². The van der Waals surface area contributed by atoms with Crippen LogP contribution in [0.4, 0.5) is 0 Å². The van der Waals surface area contributed by atoms with Crippen molar-refractivity contribution in [3.63, 3.8) is 0 Å². The molecule has 0 saturated heterocycles. The Morgan fingerprint density at radius 3 is 2.48 bits per heavy atom. The van der Waals surface area contributed by atoms with Gasteiger partial charge in [-0.15, -0.1) is 0 Å². The summed E-state index contributed by atoms with van der Waals surface area (Å²) in [7, 11) is 1.76. The van der Waals surface area contributed by atoms with Crippen LogP contribution in [0.2, 0.25) is 0 Å². The van der Waals surface area contributed by atoms with Crippen LogP contribution in [0.5, 0.6) is 0 Å². The van der Waals surface area contributed by atoms with E-state index in [4.69, 9.17) is 0 Å². The summed E-state index contributed by atoms with van der Waals surface area (Å²) in [4.78, 5) is 11.4. The Morgan fingerprint density at radius 2 is 1.90 bits per heavy atom. The second-order valence-corrected chi connectivity index (χ2v) is 4.82. The first-order valence-electron chi connectivity index (χ1n) is 6.44. The molecule has 106 valence electrons. The Bertz CT molecular complexity index is 799. The fourth-order valence-corrected chi connectivity index (χ4v) is 2.16. The van der Waals surface area contributed by atoms with Gasteiger partial charge in [-0.05, 0) is 25.1 Å². The number of rotatable bonds is 3. The molecular weight excluding hydrogens is 268 g/mol. The summed E-state index contributed by atoms with van der Waals surface area (Å²) in [5.41, 5.74) is 3.17. The Hall–Kier alpha value is -2.89. The van der Waals surface area contributed by atoms with Crippen LogP contribution in [0.3, 0.4) is 0 Å². The van der Waals surface area contributed by atoms with Gasteiger partial charge in [-0.3, -0.25) is 4.68 Å². The van der Waals surface area contributed by atoms with Crippen molar-refractivity contribution in [2.45, 2.75) is 6.92 Å². The molecule has 0 bridgehead atoms. The van der Waals surface area contributed by atoms with E-state index >= 15 is 0 Å². The summed E-state index contributed by atoms with van der Waals surface area (Å²) >= 11 is 0. The van der Waals surface area contributed by atoms with Crippen LogP contribution in [-0.2, 0) is 7.05 Å². The van der Waals surface area contributed by atoms with Crippen LogP contribution in [-0.4, -0.2) is 30.6 Å². The maximum atomic E-state index is 11.4. The van der Waals surface area contributed by atoms with Gasteiger partial charge in [0.25, 0.3) is 0 Å². The molecule has 0 aliphatic heterocycles. The first kappa shape index (κ1) is 13.1. The minimum Gasteiger partial charge on any atom is -0.478 e. The highest BCUT2D eigenvalue weighted by atomic mass is 16.4. The van der Waals surface area contributed by atoms with Gasteiger partial charge in [0, 0.05) is 19.4 Å². The van der Waals surface area contributed by atoms with E-state index in [1.807, 2.05) is 31.2 Å². The summed E-state index contributed by atoms with van der Waals surface area (Å²) < 4.78 is 3.18. The molecule has 1 aromatic carbocycles. The van der Waals surface area contributed by atoms with Gasteiger partial charge in [-0.25, -0.2) is 9.48 Å². The molecule has 6 nitrogen and oxygen atoms in total. The average Bonchev–Trinajstić information content (AvgIpc) is 3.05. The molecule has 6 heteroatoms. The summed E-state index contributed by atoms with van der Waals surface area (Å²) in [5, 5.41) is 17.8. The number of carboxylic acid groups (broad SMARTS) is 1. The maximum Gasteiger partial charge on any atom is 0.339 e. The van der Waals surface area contributed by atoms with Crippen molar-refractivity contribution in [2.24, 2.45) is 7.05 Å². The lowest BCUT2D eigenvalue weighted by Gasteiger charge is -2.01. The highest BCUT2D eigenvalue weighted by molar-refractivity contribution is 5.94. The van der Waals surface area contributed by atoms with Crippen molar-refractivity contribution in [3.05, 3.63) is 53.9 Å². The Kier molecular flexibility index (Phi) is 3.06. The number of nitrogens with zero attached hydrogens (tertiary/aromatic N) is 4. The molecule has 0 spiro atoms. The van der Waals surface area contributed by atoms with E-state index < -0.39 is 5.97 Å². The molecule has 0 unspecified atom stereocenters. The lowest BCUT2D eigenvalue weighted by atomic mass is 10.2. The van der Waals surface area contributed by atoms with Gasteiger partial charge in [-0.2, -0.15) is 10.2 Å². The fraction of sp³-hybridized carbons (Fsp3) is 0.133. The van der Waals surface area contributed by atoms with Crippen LogP contribution >= 0.6 is 0 Å². The summed E-state index contributed by atoms with van der Waals surface area (Å²) in [6, 6.07) is 9.47. The lowest BCUT2D eigenvalue weighted by Crippen LogP contribution is -2.00. The Morgan fingerprint density at radius 1 is 1.19 bits per heavy atom. The summed E-state index contributed by atoms with van der Waals surface area (Å²) in [6.07, 6.45) is 3.14. The number of aromatic carboxylic acids is 1. The quantitative estimate of drug-likeness (QED) is 0.800. The average molecular weight is 282 g/mol. The normalized spacial score (nSPS) is 10.8. The van der Waals surface area contributed by atoms with Crippen molar-refractivity contribution in [3.8, 4) is 17.1 Å². The van der Waals surface area contributed by atoms with Crippen molar-refractivity contribution < 1.29 is 9.90 Å². The Labute approximate surface area is 121 Å². The number of carboxylic acids is 1. The van der Waals surface area contributed by atoms with E-state index in [1.165, 1.54) is 6.20 Å². The minimum atomic E-state index is -1.01. The molecule has 0 atom stereocenters. The van der Waals surface area contributed by atoms with Crippen molar-refractivity contribution in [1.29, 1.82) is 0 Å². The predicted octanol–water partition coefficient (Wildman–Crippen LogP) is 2.28. The number of hydrogen-bond acceptors (Lipinski definition) is 3. The third-order valence-corrected chi connectivity index (χ3v) is 3.31. The molecular formula is C15H14N4O2. The van der Waals surface area contributed by atoms with Gasteiger partial charge < -0.3 is 5.11 Å². The zero-order valence-corrected chi connectivity index (χ0v) is 11.7. The first-order chi connectivity index (χ1) is 10.1. The van der Waals surface area contributed by atoms with Crippen LogP contribution in [0, 0.1) is 6.92 Å². The van der Waals surface area contributed by atoms with Gasteiger partial charge in [0.2, 0.25) is 0 Å². The number of benzene rings is 1. The number of hydrogen-bond donors (Lipinski definition) is 1. The zero-order chi connectivity index (χ0) is 15.0. The van der Waals surface area contributed by atoms with Gasteiger partial charge in [-0.1, -0.05) is 17.7 Å². The maximum absolute atomic E-state index is 11.4. The molecule has 3 rings (SSSR count). The monoisotopic (exact) mass is 282 g/mol. The van der Waals surface area contributed by atoms with Crippen molar-refractivity contribution in [1.82, 2.24) is 19.6 Å². The molecule has 1 N–H and O–H groups in total. The van der Waals surface area contributed by atoms with E-state index in [0.717, 1.165) is 11.3 Å². The molecule has 0 aliphatic carbocycles. The SMILES string of the molecule is Cc1ccc(-n2cc(C(=O)O)c(-c3ccnn3C)n2)cc1. The van der Waals surface area contributed by atoms with E-state index in [0.29, 0.717) is 11.4 Å². The number of aromatic nitrogens is 4. The number of carbonyl (C=O) groups is 1. The lowest BCUT2D eigenvalue weighted by molar-refractivity contribution is 0.0697. The van der Waals surface area contributed by atoms with Gasteiger partial charge in [0.1, 0.15) is 11.3 Å². The zero-order valence-electron chi connectivity index (χ0n) is 11.7. The minimum absolute atomic E-state index is 0.152. The highest BCUT2D eigenvalue weighted by Gasteiger charge is 2.19. The second kappa shape index (κ2) is 4.90. The molecule has 0 amide bonds. The van der Waals surface area contributed by atoms with E-state index in [-0.39, 0.29) is 5.56 Å².